The van der Waals surface area contributed by atoms with Gasteiger partial charge >= 0.3 is 5.97 Å². The Bertz CT molecular complexity index is 1070. The Labute approximate surface area is 207 Å². The van der Waals surface area contributed by atoms with Crippen molar-refractivity contribution in [2.24, 2.45) is 17.3 Å². The predicted molar refractivity (Wildman–Crippen MR) is 131 cm³/mol. The molecule has 1 unspecified atom stereocenters. The third-order valence-corrected chi connectivity index (χ3v) is 8.74. The van der Waals surface area contributed by atoms with Crippen LogP contribution in [0.4, 0.5) is 0 Å². The second-order valence-corrected chi connectivity index (χ2v) is 11.0. The van der Waals surface area contributed by atoms with Crippen LogP contribution < -0.4 is 9.47 Å². The van der Waals surface area contributed by atoms with Gasteiger partial charge in [0.05, 0.1) is 6.61 Å². The number of hydrogen-bond acceptors (Lipinski definition) is 6. The van der Waals surface area contributed by atoms with Gasteiger partial charge in [0.1, 0.15) is 0 Å². The van der Waals surface area contributed by atoms with Crippen molar-refractivity contribution in [2.75, 3.05) is 33.0 Å². The normalized spacial score (nSPS) is 27.3. The van der Waals surface area contributed by atoms with Gasteiger partial charge in [-0.3, -0.25) is 0 Å². The molecule has 4 aliphatic rings. The number of carbonyl (C=O) groups is 1. The lowest BCUT2D eigenvalue weighted by Crippen LogP contribution is -2.46. The second-order valence-electron chi connectivity index (χ2n) is 11.0. The maximum absolute atomic E-state index is 13.5. The minimum Gasteiger partial charge on any atom is -0.463 e. The summed E-state index contributed by atoms with van der Waals surface area (Å²) in [6.07, 6.45) is 7.06. The number of benzene rings is 2. The third-order valence-electron chi connectivity index (χ3n) is 8.74. The van der Waals surface area contributed by atoms with Crippen LogP contribution in [0.1, 0.15) is 49.7 Å². The molecule has 1 N–H and O–H groups in total. The molecule has 2 aromatic rings. The summed E-state index contributed by atoms with van der Waals surface area (Å²) >= 11 is 0. The number of aliphatic hydroxyl groups is 1. The van der Waals surface area contributed by atoms with Crippen LogP contribution in [0.2, 0.25) is 0 Å². The Kier molecular flexibility index (Phi) is 5.97. The van der Waals surface area contributed by atoms with E-state index in [2.05, 4.69) is 17.0 Å². The van der Waals surface area contributed by atoms with Gasteiger partial charge in [0.2, 0.25) is 6.79 Å². The van der Waals surface area contributed by atoms with Crippen LogP contribution >= 0.6 is 0 Å². The SMILES string of the molecule is O=C(OC[C@@]12C[C@@H]1CN(CCc1ccc3c(c1)OCO3)C2)C(O)(c1ccccc1)C1CCCCC1. The first-order chi connectivity index (χ1) is 17.1. The summed E-state index contributed by atoms with van der Waals surface area (Å²) in [5.41, 5.74) is 0.406. The fraction of sp³-hybridized carbons (Fsp3) is 0.552. The van der Waals surface area contributed by atoms with Gasteiger partial charge < -0.3 is 24.2 Å². The standard InChI is InChI=1S/C29H35NO5/c31-27(29(32,22-7-3-1-4-8-22)23-9-5-2-6-10-23)33-19-28-16-24(28)17-30(18-28)14-13-21-11-12-25-26(15-21)35-20-34-25/h1,3-4,7-8,11-12,15,23-24,32H,2,5-6,9-10,13-14,16-20H2/t24-,28+,29?/m1/s1. The van der Waals surface area contributed by atoms with E-state index in [0.717, 1.165) is 69.7 Å². The topological polar surface area (TPSA) is 68.2 Å². The van der Waals surface area contributed by atoms with Gasteiger partial charge in [0.15, 0.2) is 17.1 Å². The summed E-state index contributed by atoms with van der Waals surface area (Å²) in [6, 6.07) is 15.6. The smallest absolute Gasteiger partial charge is 0.343 e. The Morgan fingerprint density at radius 1 is 1.09 bits per heavy atom. The monoisotopic (exact) mass is 477 g/mol. The van der Waals surface area contributed by atoms with Crippen molar-refractivity contribution in [1.29, 1.82) is 0 Å². The Balaban J connectivity index is 1.07. The molecule has 6 nitrogen and oxygen atoms in total. The summed E-state index contributed by atoms with van der Waals surface area (Å²) in [5.74, 6) is 1.68. The van der Waals surface area contributed by atoms with Crippen molar-refractivity contribution in [2.45, 2.75) is 50.5 Å². The lowest BCUT2D eigenvalue weighted by atomic mass is 9.73. The van der Waals surface area contributed by atoms with E-state index in [1.165, 1.54) is 12.0 Å². The number of esters is 1. The predicted octanol–water partition coefficient (Wildman–Crippen LogP) is 4.29. The maximum atomic E-state index is 13.5. The zero-order chi connectivity index (χ0) is 23.9. The van der Waals surface area contributed by atoms with Crippen LogP contribution in [-0.4, -0.2) is 49.0 Å². The number of rotatable bonds is 8. The van der Waals surface area contributed by atoms with Crippen LogP contribution in [0.15, 0.2) is 48.5 Å². The molecule has 0 spiro atoms. The first-order valence-corrected chi connectivity index (χ1v) is 13.1. The minimum atomic E-state index is -1.56. The van der Waals surface area contributed by atoms with Crippen LogP contribution in [-0.2, 0) is 21.6 Å². The molecule has 3 fully saturated rings. The molecule has 35 heavy (non-hydrogen) atoms. The minimum absolute atomic E-state index is 0.0503. The average molecular weight is 478 g/mol. The molecule has 2 aliphatic heterocycles. The fourth-order valence-corrected chi connectivity index (χ4v) is 6.53. The molecule has 2 saturated carbocycles. The lowest BCUT2D eigenvalue weighted by Gasteiger charge is -2.37. The summed E-state index contributed by atoms with van der Waals surface area (Å²) in [7, 11) is 0. The fourth-order valence-electron chi connectivity index (χ4n) is 6.53. The summed E-state index contributed by atoms with van der Waals surface area (Å²) in [6.45, 7) is 3.67. The van der Waals surface area contributed by atoms with Crippen molar-refractivity contribution in [1.82, 2.24) is 4.90 Å². The molecule has 1 saturated heterocycles. The molecular formula is C29H35NO5. The summed E-state index contributed by atoms with van der Waals surface area (Å²) < 4.78 is 16.9. The van der Waals surface area contributed by atoms with Gasteiger partial charge in [0, 0.05) is 31.0 Å². The van der Waals surface area contributed by atoms with E-state index in [4.69, 9.17) is 14.2 Å². The summed E-state index contributed by atoms with van der Waals surface area (Å²) in [5, 5.41) is 11.8. The van der Waals surface area contributed by atoms with Crippen molar-refractivity contribution >= 4 is 5.97 Å². The Hall–Kier alpha value is -2.57. The lowest BCUT2D eigenvalue weighted by molar-refractivity contribution is -0.177. The molecule has 0 aromatic heterocycles. The van der Waals surface area contributed by atoms with Gasteiger partial charge in [-0.15, -0.1) is 0 Å². The highest BCUT2D eigenvalue weighted by molar-refractivity contribution is 5.81. The van der Waals surface area contributed by atoms with E-state index in [0.29, 0.717) is 24.9 Å². The molecule has 2 aromatic carbocycles. The molecular weight excluding hydrogens is 442 g/mol. The van der Waals surface area contributed by atoms with Crippen LogP contribution in [0.3, 0.4) is 0 Å². The van der Waals surface area contributed by atoms with Gasteiger partial charge in [-0.2, -0.15) is 0 Å². The molecule has 2 heterocycles. The second kappa shape index (κ2) is 9.14. The molecule has 6 rings (SSSR count). The maximum Gasteiger partial charge on any atom is 0.343 e. The molecule has 3 atom stereocenters. The van der Waals surface area contributed by atoms with E-state index in [9.17, 15) is 9.90 Å². The van der Waals surface area contributed by atoms with Gasteiger partial charge in [-0.25, -0.2) is 4.79 Å². The van der Waals surface area contributed by atoms with Crippen molar-refractivity contribution in [3.05, 3.63) is 59.7 Å². The van der Waals surface area contributed by atoms with Gasteiger partial charge in [0.25, 0.3) is 0 Å². The number of nitrogens with zero attached hydrogens (tertiary/aromatic N) is 1. The van der Waals surface area contributed by atoms with Gasteiger partial charge in [-0.05, 0) is 54.9 Å². The van der Waals surface area contributed by atoms with Crippen molar-refractivity contribution in [3.8, 4) is 11.5 Å². The van der Waals surface area contributed by atoms with E-state index in [1.54, 1.807) is 0 Å². The molecule has 0 amide bonds. The number of hydrogen-bond donors (Lipinski definition) is 1. The zero-order valence-electron chi connectivity index (χ0n) is 20.3. The largest absolute Gasteiger partial charge is 0.463 e. The number of likely N-dealkylation sites (tertiary alicyclic amines) is 1. The number of fused-ring (bicyclic) bond motifs is 2. The van der Waals surface area contributed by atoms with E-state index < -0.39 is 11.6 Å². The Morgan fingerprint density at radius 2 is 1.89 bits per heavy atom. The highest BCUT2D eigenvalue weighted by atomic mass is 16.7. The third kappa shape index (κ3) is 4.31. The van der Waals surface area contributed by atoms with Crippen LogP contribution in [0.5, 0.6) is 11.5 Å². The number of carbonyl (C=O) groups excluding carboxylic acids is 1. The highest BCUT2D eigenvalue weighted by Gasteiger charge is 2.61. The highest BCUT2D eigenvalue weighted by Crippen LogP contribution is 2.58. The van der Waals surface area contributed by atoms with Crippen molar-refractivity contribution < 1.29 is 24.1 Å². The summed E-state index contributed by atoms with van der Waals surface area (Å²) in [4.78, 5) is 15.9. The number of piperidine rings is 1. The van der Waals surface area contributed by atoms with E-state index >= 15 is 0 Å². The first kappa shape index (κ1) is 22.9. The number of ether oxygens (including phenoxy) is 3. The molecule has 2 aliphatic carbocycles. The molecule has 0 bridgehead atoms. The molecule has 0 radical (unpaired) electrons. The first-order valence-electron chi connectivity index (χ1n) is 13.1. The quantitative estimate of drug-likeness (QED) is 0.572. The van der Waals surface area contributed by atoms with Gasteiger partial charge in [-0.1, -0.05) is 55.7 Å². The molecule has 6 heteroatoms. The molecule has 186 valence electrons. The Morgan fingerprint density at radius 3 is 2.71 bits per heavy atom. The van der Waals surface area contributed by atoms with Crippen LogP contribution in [0.25, 0.3) is 0 Å². The average Bonchev–Trinajstić information content (AvgIpc) is 3.21. The van der Waals surface area contributed by atoms with E-state index in [-0.39, 0.29) is 11.3 Å². The van der Waals surface area contributed by atoms with Crippen LogP contribution in [0, 0.1) is 17.3 Å². The van der Waals surface area contributed by atoms with E-state index in [1.807, 2.05) is 36.4 Å². The zero-order valence-corrected chi connectivity index (χ0v) is 20.3. The van der Waals surface area contributed by atoms with Crippen molar-refractivity contribution in [3.63, 3.8) is 0 Å².